The van der Waals surface area contributed by atoms with Gasteiger partial charge in [-0.25, -0.2) is 0 Å². The standard InChI is InChI=1S/HO4Si.Y/c1-5(2,3)4;/h1H;/q-3;+3. The van der Waals surface area contributed by atoms with E-state index in [0.29, 0.717) is 0 Å². The summed E-state index contributed by atoms with van der Waals surface area (Å²) in [7, 11) is -5.36. The van der Waals surface area contributed by atoms with Crippen molar-refractivity contribution in [2.24, 2.45) is 0 Å². The average molecular weight is 182 g/mol. The summed E-state index contributed by atoms with van der Waals surface area (Å²) < 4.78 is 0. The minimum atomic E-state index is -5.36. The van der Waals surface area contributed by atoms with Crippen molar-refractivity contribution in [2.45, 2.75) is 0 Å². The molecule has 6 heteroatoms. The molecule has 0 aromatic carbocycles. The minimum Gasteiger partial charge on any atom is -0.861 e. The van der Waals surface area contributed by atoms with Gasteiger partial charge in [-0.1, -0.05) is 0 Å². The molecular formula is HO4SiY. The van der Waals surface area contributed by atoms with E-state index in [9.17, 15) is 0 Å². The van der Waals surface area contributed by atoms with Crippen LogP contribution in [-0.4, -0.2) is 13.8 Å². The zero-order valence-corrected chi connectivity index (χ0v) is 6.59. The summed E-state index contributed by atoms with van der Waals surface area (Å²) in [5.74, 6) is 0. The van der Waals surface area contributed by atoms with E-state index in [-0.39, 0.29) is 32.7 Å². The van der Waals surface area contributed by atoms with Crippen LogP contribution in [0.4, 0.5) is 0 Å². The van der Waals surface area contributed by atoms with Crippen LogP contribution < -0.4 is 14.4 Å². The van der Waals surface area contributed by atoms with Crippen LogP contribution in [0.2, 0.25) is 0 Å². The van der Waals surface area contributed by atoms with Gasteiger partial charge in [0, 0.05) is 0 Å². The molecule has 0 saturated heterocycles. The molecule has 0 fully saturated rings. The molecule has 0 aromatic heterocycles. The van der Waals surface area contributed by atoms with Crippen molar-refractivity contribution in [3.63, 3.8) is 0 Å². The second kappa shape index (κ2) is 3.20. The van der Waals surface area contributed by atoms with Crippen LogP contribution in [0.1, 0.15) is 0 Å². The van der Waals surface area contributed by atoms with Crippen LogP contribution in [0.25, 0.3) is 0 Å². The number of hydrogen-bond donors (Lipinski definition) is 1. The van der Waals surface area contributed by atoms with Crippen molar-refractivity contribution in [1.29, 1.82) is 0 Å². The Kier molecular flexibility index (Phi) is 5.44. The Morgan fingerprint density at radius 2 is 1.17 bits per heavy atom. The zero-order chi connectivity index (χ0) is 4.50. The first-order valence-corrected chi connectivity index (χ1v) is 2.51. The zero-order valence-electron chi connectivity index (χ0n) is 2.75. The van der Waals surface area contributed by atoms with Gasteiger partial charge in [-0.3, -0.25) is 0 Å². The Labute approximate surface area is 60.8 Å². The smallest absolute Gasteiger partial charge is 0.861 e. The topological polar surface area (TPSA) is 89.4 Å². The van der Waals surface area contributed by atoms with Crippen molar-refractivity contribution >= 4 is 9.05 Å². The van der Waals surface area contributed by atoms with Crippen LogP contribution in [-0.2, 0) is 32.7 Å². The fourth-order valence-electron chi connectivity index (χ4n) is 0. The molecule has 0 aliphatic heterocycles. The monoisotopic (exact) mass is 182 g/mol. The summed E-state index contributed by atoms with van der Waals surface area (Å²) in [6.45, 7) is 0. The van der Waals surface area contributed by atoms with Crippen LogP contribution in [0, 0.1) is 0 Å². The third-order valence-electron chi connectivity index (χ3n) is 0. The Hall–Kier alpha value is 1.16. The molecule has 0 rings (SSSR count). The van der Waals surface area contributed by atoms with Gasteiger partial charge >= 0.3 is 32.7 Å². The fraction of sp³-hybridized carbons (Fsp3) is 0. The Morgan fingerprint density at radius 1 is 1.17 bits per heavy atom. The van der Waals surface area contributed by atoms with Crippen LogP contribution in [0.5, 0.6) is 0 Å². The molecule has 6 heavy (non-hydrogen) atoms. The molecule has 0 amide bonds. The summed E-state index contributed by atoms with van der Waals surface area (Å²) in [6, 6.07) is 0. The van der Waals surface area contributed by atoms with Gasteiger partial charge in [0.15, 0.2) is 0 Å². The van der Waals surface area contributed by atoms with Crippen LogP contribution in [0.15, 0.2) is 0 Å². The minimum absolute atomic E-state index is 0. The van der Waals surface area contributed by atoms with Crippen molar-refractivity contribution in [3.8, 4) is 0 Å². The molecular weight excluding hydrogens is 181 g/mol. The van der Waals surface area contributed by atoms with Gasteiger partial charge in [0.05, 0.1) is 0 Å². The maximum Gasteiger partial charge on any atom is 3.00 e. The van der Waals surface area contributed by atoms with Crippen molar-refractivity contribution in [3.05, 3.63) is 0 Å². The van der Waals surface area contributed by atoms with Crippen molar-refractivity contribution in [2.75, 3.05) is 0 Å². The van der Waals surface area contributed by atoms with E-state index >= 15 is 0 Å². The Balaban J connectivity index is 0. The van der Waals surface area contributed by atoms with E-state index in [1.165, 1.54) is 0 Å². The average Bonchev–Trinajstić information content (AvgIpc) is 0.722. The first kappa shape index (κ1) is 10.2. The Morgan fingerprint density at radius 3 is 1.17 bits per heavy atom. The normalized spacial score (nSPS) is 10.0. The summed E-state index contributed by atoms with van der Waals surface area (Å²) >= 11 is 0. The van der Waals surface area contributed by atoms with E-state index in [4.69, 9.17) is 19.2 Å². The molecule has 0 aliphatic rings. The largest absolute Gasteiger partial charge is 3.00 e. The van der Waals surface area contributed by atoms with E-state index in [1.807, 2.05) is 0 Å². The second-order valence-corrected chi connectivity index (χ2v) is 1.57. The van der Waals surface area contributed by atoms with Gasteiger partial charge < -0.3 is 19.2 Å². The summed E-state index contributed by atoms with van der Waals surface area (Å²) in [5, 5.41) is 0. The number of rotatable bonds is 0. The van der Waals surface area contributed by atoms with E-state index in [2.05, 4.69) is 0 Å². The van der Waals surface area contributed by atoms with Gasteiger partial charge in [-0.05, 0) is 0 Å². The molecule has 0 atom stereocenters. The van der Waals surface area contributed by atoms with Gasteiger partial charge in [0.25, 0.3) is 0 Å². The molecule has 0 radical (unpaired) electrons. The van der Waals surface area contributed by atoms with Gasteiger partial charge in [0.2, 0.25) is 0 Å². The molecule has 32 valence electrons. The third kappa shape index (κ3) is 66.3. The van der Waals surface area contributed by atoms with E-state index in [0.717, 1.165) is 0 Å². The Bertz CT molecular complexity index is 23.0. The van der Waals surface area contributed by atoms with E-state index in [1.54, 1.807) is 0 Å². The van der Waals surface area contributed by atoms with Crippen LogP contribution >= 0.6 is 0 Å². The molecule has 4 nitrogen and oxygen atoms in total. The summed E-state index contributed by atoms with van der Waals surface area (Å²) in [4.78, 5) is 33.1. The van der Waals surface area contributed by atoms with Crippen molar-refractivity contribution < 1.29 is 51.9 Å². The SMILES string of the molecule is [O-][Si]([O-])([O-])O.[Y+3]. The van der Waals surface area contributed by atoms with Crippen LogP contribution in [0.3, 0.4) is 0 Å². The third-order valence-corrected chi connectivity index (χ3v) is 0. The summed E-state index contributed by atoms with van der Waals surface area (Å²) in [5.41, 5.74) is 0. The molecule has 0 bridgehead atoms. The van der Waals surface area contributed by atoms with E-state index < -0.39 is 9.05 Å². The quantitative estimate of drug-likeness (QED) is 0.382. The second-order valence-electron chi connectivity index (χ2n) is 0.524. The molecule has 0 aliphatic carbocycles. The molecule has 0 unspecified atom stereocenters. The molecule has 1 N–H and O–H groups in total. The first-order valence-electron chi connectivity index (χ1n) is 0.836. The predicted molar refractivity (Wildman–Crippen MR) is 7.97 cm³/mol. The fourth-order valence-corrected chi connectivity index (χ4v) is 0. The first-order chi connectivity index (χ1) is 2.00. The molecule has 0 saturated carbocycles. The maximum atomic E-state index is 8.69. The molecule has 0 heterocycles. The number of hydrogen-bond acceptors (Lipinski definition) is 4. The maximum absolute atomic E-state index is 8.69. The predicted octanol–water partition coefficient (Wildman–Crippen LogP) is -4.51. The summed E-state index contributed by atoms with van der Waals surface area (Å²) in [6.07, 6.45) is 0. The van der Waals surface area contributed by atoms with Gasteiger partial charge in [0.1, 0.15) is 0 Å². The van der Waals surface area contributed by atoms with Gasteiger partial charge in [-0.2, -0.15) is 0 Å². The van der Waals surface area contributed by atoms with Gasteiger partial charge in [-0.15, -0.1) is 9.05 Å². The molecule has 0 spiro atoms. The molecule has 0 aromatic rings. The van der Waals surface area contributed by atoms with Crippen molar-refractivity contribution in [1.82, 2.24) is 0 Å².